The average molecular weight is 555 g/mol. The number of anilines is 1. The molecule has 0 bridgehead atoms. The normalized spacial score (nSPS) is 14.8. The van der Waals surface area contributed by atoms with Crippen molar-refractivity contribution in [3.05, 3.63) is 90.0 Å². The van der Waals surface area contributed by atoms with Crippen molar-refractivity contribution in [1.82, 2.24) is 14.8 Å². The van der Waals surface area contributed by atoms with Gasteiger partial charge in [-0.3, -0.25) is 0 Å². The number of nitrogens with zero attached hydrogens (tertiary/aromatic N) is 6. The summed E-state index contributed by atoms with van der Waals surface area (Å²) in [5.41, 5.74) is 3.97. The number of hydrogen-bond donors (Lipinski definition) is 0. The van der Waals surface area contributed by atoms with Crippen LogP contribution >= 0.6 is 11.8 Å². The van der Waals surface area contributed by atoms with Crippen molar-refractivity contribution in [2.24, 2.45) is 10.2 Å². The zero-order valence-electron chi connectivity index (χ0n) is 20.8. The van der Waals surface area contributed by atoms with Crippen LogP contribution in [0.5, 0.6) is 5.75 Å². The molecular weight excluding hydrogens is 532 g/mol. The molecule has 200 valence electrons. The second kappa shape index (κ2) is 10.9. The SMILES string of the molecule is CC(C)c1cc(F)ccc1N1CSC1=NN=Cc1ccc(-c2ncn(-c3ccc(OC(F)(F)F)cc3)n2)cc1. The lowest BCUT2D eigenvalue weighted by atomic mass is 10.0. The second-order valence-corrected chi connectivity index (χ2v) is 9.77. The molecule has 1 aliphatic rings. The van der Waals surface area contributed by atoms with Gasteiger partial charge in [0.15, 0.2) is 11.0 Å². The quantitative estimate of drug-likeness (QED) is 0.140. The van der Waals surface area contributed by atoms with Crippen LogP contribution in [-0.2, 0) is 0 Å². The third-order valence-corrected chi connectivity index (χ3v) is 6.75. The Bertz CT molecular complexity index is 1510. The van der Waals surface area contributed by atoms with Gasteiger partial charge in [-0.1, -0.05) is 49.9 Å². The van der Waals surface area contributed by atoms with Gasteiger partial charge in [-0.2, -0.15) is 5.10 Å². The highest BCUT2D eigenvalue weighted by Gasteiger charge is 2.31. The summed E-state index contributed by atoms with van der Waals surface area (Å²) in [5, 5.41) is 13.7. The second-order valence-electron chi connectivity index (χ2n) is 8.86. The Morgan fingerprint density at radius 2 is 1.77 bits per heavy atom. The number of aromatic nitrogens is 3. The third kappa shape index (κ3) is 6.28. The van der Waals surface area contributed by atoms with Crippen LogP contribution in [0.15, 0.2) is 83.3 Å². The van der Waals surface area contributed by atoms with Gasteiger partial charge in [-0.25, -0.2) is 14.1 Å². The van der Waals surface area contributed by atoms with E-state index in [0.29, 0.717) is 11.5 Å². The lowest BCUT2D eigenvalue weighted by Crippen LogP contribution is -2.39. The minimum Gasteiger partial charge on any atom is -0.406 e. The molecule has 1 aromatic heterocycles. The minimum absolute atomic E-state index is 0.170. The molecule has 0 amide bonds. The van der Waals surface area contributed by atoms with E-state index in [1.807, 2.05) is 43.0 Å². The van der Waals surface area contributed by atoms with Crippen LogP contribution in [0.2, 0.25) is 0 Å². The lowest BCUT2D eigenvalue weighted by Gasteiger charge is -2.35. The zero-order valence-corrected chi connectivity index (χ0v) is 21.6. The molecule has 3 aromatic carbocycles. The minimum atomic E-state index is -4.75. The van der Waals surface area contributed by atoms with Gasteiger partial charge in [0, 0.05) is 11.3 Å². The summed E-state index contributed by atoms with van der Waals surface area (Å²) in [6.07, 6.45) is -1.63. The molecule has 2 heterocycles. The topological polar surface area (TPSA) is 67.9 Å². The first kappa shape index (κ1) is 26.4. The summed E-state index contributed by atoms with van der Waals surface area (Å²) in [6, 6.07) is 17.5. The van der Waals surface area contributed by atoms with Crippen molar-refractivity contribution < 1.29 is 22.3 Å². The smallest absolute Gasteiger partial charge is 0.406 e. The number of halogens is 4. The van der Waals surface area contributed by atoms with Gasteiger partial charge < -0.3 is 9.64 Å². The number of hydrogen-bond acceptors (Lipinski definition) is 6. The van der Waals surface area contributed by atoms with Crippen molar-refractivity contribution in [1.29, 1.82) is 0 Å². The Hall–Kier alpha value is -4.19. The standard InChI is InChI=1S/C27H22F4N6OS/c1-17(2)23-13-20(28)7-12-24(23)36-16-39-26(36)34-33-14-18-3-5-19(6-4-18)25-32-15-37(35-25)21-8-10-22(11-9-21)38-27(29,30)31/h3-15,17H,16H2,1-2H3. The largest absolute Gasteiger partial charge is 0.573 e. The summed E-state index contributed by atoms with van der Waals surface area (Å²) in [4.78, 5) is 6.31. The van der Waals surface area contributed by atoms with E-state index >= 15 is 0 Å². The first-order valence-corrected chi connectivity index (χ1v) is 12.8. The van der Waals surface area contributed by atoms with Crippen molar-refractivity contribution >= 4 is 28.8 Å². The molecule has 0 atom stereocenters. The Kier molecular flexibility index (Phi) is 7.38. The summed E-state index contributed by atoms with van der Waals surface area (Å²) >= 11 is 1.56. The van der Waals surface area contributed by atoms with Crippen LogP contribution in [0.4, 0.5) is 23.2 Å². The fourth-order valence-corrected chi connectivity index (χ4v) is 4.58. The van der Waals surface area contributed by atoms with E-state index in [9.17, 15) is 17.6 Å². The summed E-state index contributed by atoms with van der Waals surface area (Å²) in [7, 11) is 0. The molecule has 1 aliphatic heterocycles. The molecule has 1 fully saturated rings. The van der Waals surface area contributed by atoms with Gasteiger partial charge in [0.05, 0.1) is 17.8 Å². The van der Waals surface area contributed by atoms with Crippen molar-refractivity contribution in [2.45, 2.75) is 26.1 Å². The molecule has 0 radical (unpaired) electrons. The van der Waals surface area contributed by atoms with Gasteiger partial charge in [0.25, 0.3) is 0 Å². The average Bonchev–Trinajstić information content (AvgIpc) is 3.37. The Morgan fingerprint density at radius 3 is 2.41 bits per heavy atom. The van der Waals surface area contributed by atoms with Crippen LogP contribution in [0.1, 0.15) is 30.9 Å². The lowest BCUT2D eigenvalue weighted by molar-refractivity contribution is -0.274. The summed E-state index contributed by atoms with van der Waals surface area (Å²) < 4.78 is 56.2. The van der Waals surface area contributed by atoms with Gasteiger partial charge in [-0.05, 0) is 59.5 Å². The Labute approximate surface area is 225 Å². The third-order valence-electron chi connectivity index (χ3n) is 5.80. The predicted molar refractivity (Wildman–Crippen MR) is 144 cm³/mol. The van der Waals surface area contributed by atoms with E-state index in [1.165, 1.54) is 41.3 Å². The first-order chi connectivity index (χ1) is 18.7. The maximum atomic E-state index is 13.7. The highest BCUT2D eigenvalue weighted by molar-refractivity contribution is 8.16. The molecule has 5 rings (SSSR count). The van der Waals surface area contributed by atoms with Gasteiger partial charge in [-0.15, -0.1) is 23.4 Å². The molecule has 0 saturated carbocycles. The molecule has 0 spiro atoms. The van der Waals surface area contributed by atoms with Crippen LogP contribution in [0.25, 0.3) is 17.1 Å². The molecule has 0 N–H and O–H groups in total. The number of ether oxygens (including phenoxy) is 1. The highest BCUT2D eigenvalue weighted by atomic mass is 32.2. The molecule has 4 aromatic rings. The molecule has 1 saturated heterocycles. The molecule has 0 aliphatic carbocycles. The number of rotatable bonds is 7. The summed E-state index contributed by atoms with van der Waals surface area (Å²) in [6.45, 7) is 4.05. The van der Waals surface area contributed by atoms with Gasteiger partial charge in [0.1, 0.15) is 17.9 Å². The fraction of sp³-hybridized carbons (Fsp3) is 0.185. The zero-order chi connectivity index (χ0) is 27.6. The van der Waals surface area contributed by atoms with E-state index in [1.54, 1.807) is 30.1 Å². The number of alkyl halides is 3. The number of amidine groups is 1. The van der Waals surface area contributed by atoms with Crippen LogP contribution < -0.4 is 9.64 Å². The molecule has 12 heteroatoms. The maximum absolute atomic E-state index is 13.7. The fourth-order valence-electron chi connectivity index (χ4n) is 3.86. The van der Waals surface area contributed by atoms with Crippen LogP contribution in [-0.4, -0.2) is 38.4 Å². The maximum Gasteiger partial charge on any atom is 0.573 e. The molecular formula is C27H22F4N6OS. The molecule has 7 nitrogen and oxygen atoms in total. The van der Waals surface area contributed by atoms with Crippen molar-refractivity contribution in [3.63, 3.8) is 0 Å². The molecule has 39 heavy (non-hydrogen) atoms. The monoisotopic (exact) mass is 554 g/mol. The predicted octanol–water partition coefficient (Wildman–Crippen LogP) is 7.00. The van der Waals surface area contributed by atoms with Crippen molar-refractivity contribution in [2.75, 3.05) is 10.8 Å². The first-order valence-electron chi connectivity index (χ1n) is 11.9. The van der Waals surface area contributed by atoms with Crippen LogP contribution in [0.3, 0.4) is 0 Å². The van der Waals surface area contributed by atoms with E-state index < -0.39 is 6.36 Å². The van der Waals surface area contributed by atoms with E-state index in [0.717, 1.165) is 33.4 Å². The highest BCUT2D eigenvalue weighted by Crippen LogP contribution is 2.36. The van der Waals surface area contributed by atoms with E-state index in [2.05, 4.69) is 25.0 Å². The summed E-state index contributed by atoms with van der Waals surface area (Å²) in [5.74, 6) is 0.777. The Balaban J connectivity index is 1.24. The number of thioether (sulfide) groups is 1. The molecule has 0 unspecified atom stereocenters. The van der Waals surface area contributed by atoms with E-state index in [4.69, 9.17) is 0 Å². The van der Waals surface area contributed by atoms with Gasteiger partial charge in [0.2, 0.25) is 0 Å². The number of benzene rings is 3. The van der Waals surface area contributed by atoms with Crippen molar-refractivity contribution in [3.8, 4) is 22.8 Å². The van der Waals surface area contributed by atoms with Gasteiger partial charge >= 0.3 is 6.36 Å². The van der Waals surface area contributed by atoms with Crippen LogP contribution in [0, 0.1) is 5.82 Å². The van der Waals surface area contributed by atoms with E-state index in [-0.39, 0.29) is 17.5 Å². The Morgan fingerprint density at radius 1 is 1.03 bits per heavy atom.